The molecule has 0 saturated carbocycles. The minimum Gasteiger partial charge on any atom is -0.464 e. The third-order valence-electron chi connectivity index (χ3n) is 8.00. The Labute approximate surface area is 269 Å². The lowest BCUT2D eigenvalue weighted by molar-refractivity contribution is -0.166. The van der Waals surface area contributed by atoms with Gasteiger partial charge < -0.3 is 28.6 Å². The zero-order valence-corrected chi connectivity index (χ0v) is 29.1. The fourth-order valence-electron chi connectivity index (χ4n) is 5.53. The molecule has 0 spiro atoms. The highest BCUT2D eigenvalue weighted by Gasteiger charge is 2.38. The molecule has 3 rings (SSSR count). The van der Waals surface area contributed by atoms with Gasteiger partial charge in [-0.15, -0.1) is 0 Å². The summed E-state index contributed by atoms with van der Waals surface area (Å²) in [6.45, 7) is 20.9. The van der Waals surface area contributed by atoms with E-state index in [9.17, 15) is 9.59 Å². The molecule has 1 aliphatic rings. The van der Waals surface area contributed by atoms with Crippen molar-refractivity contribution in [3.63, 3.8) is 0 Å². The van der Waals surface area contributed by atoms with Gasteiger partial charge in [0.1, 0.15) is 5.82 Å². The molecule has 2 aromatic rings. The van der Waals surface area contributed by atoms with Crippen LogP contribution in [0.3, 0.4) is 0 Å². The summed E-state index contributed by atoms with van der Waals surface area (Å²) in [6.07, 6.45) is 6.15. The molecule has 0 bridgehead atoms. The van der Waals surface area contributed by atoms with Crippen LogP contribution in [-0.2, 0) is 28.5 Å². The number of carbonyl (C=O) groups excluding carboxylic acids is 2. The molecule has 11 nitrogen and oxygen atoms in total. The predicted molar refractivity (Wildman–Crippen MR) is 174 cm³/mol. The number of ether oxygens (including phenoxy) is 5. The van der Waals surface area contributed by atoms with Gasteiger partial charge in [0.25, 0.3) is 0 Å². The predicted octanol–water partition coefficient (Wildman–Crippen LogP) is 6.38. The maximum absolute atomic E-state index is 13.4. The van der Waals surface area contributed by atoms with Crippen molar-refractivity contribution >= 4 is 23.4 Å². The molecule has 0 radical (unpaired) electrons. The minimum absolute atomic E-state index is 0.154. The molecule has 254 valence electrons. The quantitative estimate of drug-likeness (QED) is 0.144. The van der Waals surface area contributed by atoms with Crippen LogP contribution in [0, 0.1) is 6.92 Å². The van der Waals surface area contributed by atoms with Crippen molar-refractivity contribution in [3.05, 3.63) is 23.0 Å². The van der Waals surface area contributed by atoms with Gasteiger partial charge in [0, 0.05) is 38.1 Å². The lowest BCUT2D eigenvalue weighted by atomic mass is 9.92. The number of hydrogen-bond donors (Lipinski definition) is 0. The number of carbonyl (C=O) groups is 2. The second kappa shape index (κ2) is 16.7. The van der Waals surface area contributed by atoms with Gasteiger partial charge in [0.05, 0.1) is 36.1 Å². The van der Waals surface area contributed by atoms with Gasteiger partial charge in [-0.2, -0.15) is 9.61 Å². The van der Waals surface area contributed by atoms with Crippen LogP contribution in [0.25, 0.3) is 5.65 Å². The van der Waals surface area contributed by atoms with Gasteiger partial charge in [0.2, 0.25) is 0 Å². The van der Waals surface area contributed by atoms with Crippen LogP contribution in [0.5, 0.6) is 0 Å². The number of aryl methyl sites for hydroxylation is 1. The molecule has 0 amide bonds. The van der Waals surface area contributed by atoms with Crippen LogP contribution in [0.2, 0.25) is 0 Å². The molecule has 0 aliphatic carbocycles. The van der Waals surface area contributed by atoms with Crippen molar-refractivity contribution in [2.24, 2.45) is 0 Å². The van der Waals surface area contributed by atoms with E-state index in [0.717, 1.165) is 51.6 Å². The first-order valence-electron chi connectivity index (χ1n) is 16.7. The van der Waals surface area contributed by atoms with E-state index in [1.165, 1.54) is 0 Å². The summed E-state index contributed by atoms with van der Waals surface area (Å²) in [5.41, 5.74) is 0.905. The average Bonchev–Trinajstić information content (AvgIpc) is 3.39. The summed E-state index contributed by atoms with van der Waals surface area (Å²) in [5, 5.41) is 4.63. The molecule has 11 heteroatoms. The molecule has 0 unspecified atom stereocenters. The number of rotatable bonds is 17. The Kier molecular flexibility index (Phi) is 13.6. The van der Waals surface area contributed by atoms with E-state index >= 15 is 0 Å². The molecule has 3 heterocycles. The summed E-state index contributed by atoms with van der Waals surface area (Å²) in [7, 11) is 0. The fraction of sp³-hybridized carbons (Fsp3) is 0.765. The molecule has 1 fully saturated rings. The molecular weight excluding hydrogens is 576 g/mol. The number of anilines is 1. The van der Waals surface area contributed by atoms with Crippen molar-refractivity contribution in [2.45, 2.75) is 131 Å². The number of aromatic nitrogens is 3. The standard InChI is InChI=1S/C34H56N4O7/c1-10-13-21-43-24(4)16-14-15-22-44-34(9)17-19-37(20-18-34)30-28(29(32(40)42-12-3)45-33(6,7)8)25(5)35-27-23-26(36-38(27)30)31(39)41-11-2/h23-24,29H,10-22H2,1-9H3/t24-,29+/m1/s1. The molecule has 0 aromatic carbocycles. The van der Waals surface area contributed by atoms with Crippen molar-refractivity contribution in [2.75, 3.05) is 44.4 Å². The van der Waals surface area contributed by atoms with E-state index in [1.54, 1.807) is 24.4 Å². The average molecular weight is 633 g/mol. The molecule has 45 heavy (non-hydrogen) atoms. The van der Waals surface area contributed by atoms with Crippen molar-refractivity contribution < 1.29 is 33.3 Å². The van der Waals surface area contributed by atoms with Crippen LogP contribution >= 0.6 is 0 Å². The first-order valence-corrected chi connectivity index (χ1v) is 16.7. The maximum Gasteiger partial charge on any atom is 0.358 e. The third kappa shape index (κ3) is 10.4. The zero-order valence-electron chi connectivity index (χ0n) is 29.1. The van der Waals surface area contributed by atoms with Crippen molar-refractivity contribution in [1.29, 1.82) is 0 Å². The Morgan fingerprint density at radius 1 is 1.02 bits per heavy atom. The zero-order chi connectivity index (χ0) is 33.2. The molecule has 1 aliphatic heterocycles. The Morgan fingerprint density at radius 3 is 2.33 bits per heavy atom. The lowest BCUT2D eigenvalue weighted by Gasteiger charge is -2.41. The second-order valence-corrected chi connectivity index (χ2v) is 13.1. The minimum atomic E-state index is -1.04. The van der Waals surface area contributed by atoms with Gasteiger partial charge in [-0.05, 0) is 93.9 Å². The van der Waals surface area contributed by atoms with E-state index < -0.39 is 23.6 Å². The number of nitrogens with zero attached hydrogens (tertiary/aromatic N) is 4. The SMILES string of the molecule is CCCCO[C@H](C)CCCCOC1(C)CCN(c2c([C@H](OC(C)(C)C)C(=O)OCC)c(C)nc3cc(C(=O)OCC)nn23)CC1. The third-order valence-corrected chi connectivity index (χ3v) is 8.00. The summed E-state index contributed by atoms with van der Waals surface area (Å²) >= 11 is 0. The number of hydrogen-bond acceptors (Lipinski definition) is 10. The number of fused-ring (bicyclic) bond motifs is 1. The Morgan fingerprint density at radius 2 is 1.71 bits per heavy atom. The maximum atomic E-state index is 13.4. The monoisotopic (exact) mass is 632 g/mol. The van der Waals surface area contributed by atoms with Gasteiger partial charge in [-0.25, -0.2) is 14.6 Å². The topological polar surface area (TPSA) is 114 Å². The van der Waals surface area contributed by atoms with E-state index in [-0.39, 0.29) is 30.6 Å². The van der Waals surface area contributed by atoms with Crippen LogP contribution < -0.4 is 4.90 Å². The highest BCUT2D eigenvalue weighted by molar-refractivity contribution is 5.89. The molecule has 0 N–H and O–H groups in total. The fourth-order valence-corrected chi connectivity index (χ4v) is 5.53. The number of unbranched alkanes of at least 4 members (excludes halogenated alkanes) is 2. The van der Waals surface area contributed by atoms with E-state index in [2.05, 4.69) is 30.8 Å². The van der Waals surface area contributed by atoms with Crippen LogP contribution in [0.15, 0.2) is 6.07 Å². The smallest absolute Gasteiger partial charge is 0.358 e. The van der Waals surface area contributed by atoms with Gasteiger partial charge in [-0.1, -0.05) is 13.3 Å². The summed E-state index contributed by atoms with van der Waals surface area (Å²) in [4.78, 5) is 33.0. The highest BCUT2D eigenvalue weighted by atomic mass is 16.6. The Balaban J connectivity index is 1.85. The molecular formula is C34H56N4O7. The largest absolute Gasteiger partial charge is 0.464 e. The van der Waals surface area contributed by atoms with Crippen LogP contribution in [0.1, 0.15) is 128 Å². The Hall–Kier alpha value is -2.76. The molecule has 2 aromatic heterocycles. The lowest BCUT2D eigenvalue weighted by Crippen LogP contribution is -2.46. The van der Waals surface area contributed by atoms with E-state index in [1.807, 2.05) is 27.7 Å². The highest BCUT2D eigenvalue weighted by Crippen LogP contribution is 2.38. The Bertz CT molecular complexity index is 1250. The normalized spacial score (nSPS) is 16.5. The van der Waals surface area contributed by atoms with E-state index in [0.29, 0.717) is 42.4 Å². The first-order chi connectivity index (χ1) is 21.3. The van der Waals surface area contributed by atoms with Gasteiger partial charge in [0.15, 0.2) is 17.4 Å². The van der Waals surface area contributed by atoms with Gasteiger partial charge in [-0.3, -0.25) is 0 Å². The number of esters is 2. The van der Waals surface area contributed by atoms with Crippen molar-refractivity contribution in [1.82, 2.24) is 14.6 Å². The van der Waals surface area contributed by atoms with E-state index in [4.69, 9.17) is 28.7 Å². The summed E-state index contributed by atoms with van der Waals surface area (Å²) in [5.74, 6) is -0.358. The summed E-state index contributed by atoms with van der Waals surface area (Å²) in [6, 6.07) is 1.62. The van der Waals surface area contributed by atoms with Crippen LogP contribution in [0.4, 0.5) is 5.82 Å². The second-order valence-electron chi connectivity index (χ2n) is 13.1. The summed E-state index contributed by atoms with van der Waals surface area (Å²) < 4.78 is 31.0. The van der Waals surface area contributed by atoms with Crippen LogP contribution in [-0.4, -0.2) is 83.4 Å². The van der Waals surface area contributed by atoms with Crippen molar-refractivity contribution in [3.8, 4) is 0 Å². The van der Waals surface area contributed by atoms with Gasteiger partial charge >= 0.3 is 11.9 Å². The first kappa shape index (κ1) is 36.7. The number of piperidine rings is 1. The molecule has 1 saturated heterocycles. The molecule has 2 atom stereocenters.